The number of hydrogen-bond donors (Lipinski definition) is 2. The molecule has 22 heavy (non-hydrogen) atoms. The lowest BCUT2D eigenvalue weighted by molar-refractivity contribution is -0.931. The van der Waals surface area contributed by atoms with E-state index in [4.69, 9.17) is 0 Å². The zero-order valence-corrected chi connectivity index (χ0v) is 13.0. The maximum Gasteiger partial charge on any atom is 0.118 e. The molecule has 0 aromatic heterocycles. The smallest absolute Gasteiger partial charge is 0.118 e. The highest BCUT2D eigenvalue weighted by atomic mass is 16.5. The van der Waals surface area contributed by atoms with Gasteiger partial charge in [0, 0.05) is 23.0 Å². The fourth-order valence-electron chi connectivity index (χ4n) is 3.84. The van der Waals surface area contributed by atoms with E-state index in [0.717, 1.165) is 11.1 Å². The lowest BCUT2D eigenvalue weighted by Crippen LogP contribution is -3.11. The van der Waals surface area contributed by atoms with Crippen molar-refractivity contribution in [3.8, 4) is 0 Å². The van der Waals surface area contributed by atoms with E-state index < -0.39 is 6.10 Å². The van der Waals surface area contributed by atoms with Crippen molar-refractivity contribution >= 4 is 0 Å². The summed E-state index contributed by atoms with van der Waals surface area (Å²) in [4.78, 5) is 0. The zero-order chi connectivity index (χ0) is 15.7. The molecule has 1 heterocycles. The van der Waals surface area contributed by atoms with Gasteiger partial charge in [-0.15, -0.1) is 0 Å². The second-order valence-electron chi connectivity index (χ2n) is 6.39. The average Bonchev–Trinajstić information content (AvgIpc) is 2.55. The summed E-state index contributed by atoms with van der Waals surface area (Å²) >= 11 is 0. The van der Waals surface area contributed by atoms with Crippen molar-refractivity contribution in [3.63, 3.8) is 0 Å². The molecule has 1 saturated heterocycles. The van der Waals surface area contributed by atoms with E-state index >= 15 is 0 Å². The molecule has 3 nitrogen and oxygen atoms in total. The highest BCUT2D eigenvalue weighted by Crippen LogP contribution is 2.36. The number of rotatable bonds is 2. The van der Waals surface area contributed by atoms with E-state index in [9.17, 15) is 10.3 Å². The molecule has 4 unspecified atom stereocenters. The Kier molecular flexibility index (Phi) is 4.30. The number of aliphatic hydroxyl groups excluding tert-OH is 1. The number of hydroxylamine groups is 2. The molecule has 116 valence electrons. The Labute approximate surface area is 131 Å². The van der Waals surface area contributed by atoms with Crippen LogP contribution in [0.4, 0.5) is 0 Å². The van der Waals surface area contributed by atoms with Gasteiger partial charge in [-0.25, -0.2) is 0 Å². The lowest BCUT2D eigenvalue weighted by atomic mass is 9.74. The maximum atomic E-state index is 13.2. The Bertz CT molecular complexity index is 548. The van der Waals surface area contributed by atoms with Crippen LogP contribution in [0, 0.1) is 17.0 Å². The van der Waals surface area contributed by atoms with E-state index in [-0.39, 0.29) is 29.0 Å². The maximum absolute atomic E-state index is 13.2. The summed E-state index contributed by atoms with van der Waals surface area (Å²) in [7, 11) is 0. The minimum Gasteiger partial charge on any atom is -0.633 e. The highest BCUT2D eigenvalue weighted by molar-refractivity contribution is 5.22. The van der Waals surface area contributed by atoms with Crippen molar-refractivity contribution in [2.75, 3.05) is 0 Å². The Morgan fingerprint density at radius 2 is 1.14 bits per heavy atom. The number of quaternary nitrogens is 1. The molecular weight excluding hydrogens is 274 g/mol. The first-order valence-corrected chi connectivity index (χ1v) is 7.93. The molecule has 0 aliphatic carbocycles. The Morgan fingerprint density at radius 1 is 0.773 bits per heavy atom. The molecule has 2 aromatic carbocycles. The first kappa shape index (κ1) is 15.2. The van der Waals surface area contributed by atoms with Gasteiger partial charge in [0.2, 0.25) is 0 Å². The van der Waals surface area contributed by atoms with E-state index in [0.29, 0.717) is 0 Å². The minimum absolute atomic E-state index is 0.0649. The molecule has 0 amide bonds. The van der Waals surface area contributed by atoms with Crippen LogP contribution in [0.15, 0.2) is 60.7 Å². The fourth-order valence-corrected chi connectivity index (χ4v) is 3.84. The Morgan fingerprint density at radius 3 is 1.50 bits per heavy atom. The molecule has 4 atom stereocenters. The molecule has 1 aliphatic heterocycles. The van der Waals surface area contributed by atoms with Crippen molar-refractivity contribution in [2.45, 2.75) is 32.0 Å². The molecule has 2 N–H and O–H groups in total. The second kappa shape index (κ2) is 6.21. The molecule has 3 rings (SSSR count). The average molecular weight is 297 g/mol. The number of aliphatic hydroxyl groups is 1. The van der Waals surface area contributed by atoms with Gasteiger partial charge in [-0.1, -0.05) is 74.5 Å². The molecule has 3 heteroatoms. The van der Waals surface area contributed by atoms with Gasteiger partial charge < -0.3 is 15.4 Å². The van der Waals surface area contributed by atoms with Crippen molar-refractivity contribution < 1.29 is 10.2 Å². The highest BCUT2D eigenvalue weighted by Gasteiger charge is 2.46. The van der Waals surface area contributed by atoms with Crippen LogP contribution in [0.5, 0.6) is 0 Å². The predicted molar refractivity (Wildman–Crippen MR) is 87.0 cm³/mol. The number of piperidine rings is 1. The first-order valence-electron chi connectivity index (χ1n) is 7.93. The quantitative estimate of drug-likeness (QED) is 0.837. The zero-order valence-electron chi connectivity index (χ0n) is 13.0. The standard InChI is InChI=1S/C19H23NO2/c1-13-17(15-9-5-3-6-10-15)20(22)18(14(2)19(13)21)16-11-7-4-8-12-16/h3-14,17-21H,1-2H3. The van der Waals surface area contributed by atoms with Crippen LogP contribution in [-0.4, -0.2) is 11.2 Å². The van der Waals surface area contributed by atoms with Crippen molar-refractivity contribution in [3.05, 3.63) is 77.0 Å². The van der Waals surface area contributed by atoms with Crippen LogP contribution >= 0.6 is 0 Å². The third kappa shape index (κ3) is 2.56. The summed E-state index contributed by atoms with van der Waals surface area (Å²) in [5.41, 5.74) is 2.01. The van der Waals surface area contributed by atoms with E-state index in [1.165, 1.54) is 0 Å². The van der Waals surface area contributed by atoms with Crippen molar-refractivity contribution in [1.82, 2.24) is 0 Å². The summed E-state index contributed by atoms with van der Waals surface area (Å²) in [6.45, 7) is 3.97. The first-order chi connectivity index (χ1) is 10.6. The van der Waals surface area contributed by atoms with Gasteiger partial charge >= 0.3 is 0 Å². The van der Waals surface area contributed by atoms with E-state index in [1.807, 2.05) is 74.5 Å². The summed E-state index contributed by atoms with van der Waals surface area (Å²) in [5, 5.41) is 24.1. The van der Waals surface area contributed by atoms with Gasteiger partial charge in [0.1, 0.15) is 12.1 Å². The van der Waals surface area contributed by atoms with E-state index in [2.05, 4.69) is 0 Å². The fraction of sp³-hybridized carbons (Fsp3) is 0.368. The number of benzene rings is 2. The van der Waals surface area contributed by atoms with Gasteiger partial charge in [-0.05, 0) is 0 Å². The number of nitrogens with one attached hydrogen (secondary N) is 1. The molecule has 0 bridgehead atoms. The van der Waals surface area contributed by atoms with Crippen LogP contribution in [0.2, 0.25) is 0 Å². The monoisotopic (exact) mass is 297 g/mol. The van der Waals surface area contributed by atoms with Crippen LogP contribution in [0.1, 0.15) is 37.1 Å². The summed E-state index contributed by atoms with van der Waals surface area (Å²) in [6.07, 6.45) is -0.479. The largest absolute Gasteiger partial charge is 0.633 e. The summed E-state index contributed by atoms with van der Waals surface area (Å²) < 4.78 is 0. The number of hydrogen-bond acceptors (Lipinski definition) is 2. The SMILES string of the molecule is CC1C(O)C(C)C(c2ccccc2)[NH+]([O-])C1c1ccccc1. The molecule has 2 aromatic rings. The summed E-state index contributed by atoms with van der Waals surface area (Å²) in [6, 6.07) is 19.2. The van der Waals surface area contributed by atoms with Crippen molar-refractivity contribution in [2.24, 2.45) is 11.8 Å². The van der Waals surface area contributed by atoms with Gasteiger partial charge in [-0.3, -0.25) is 0 Å². The third-order valence-electron chi connectivity index (χ3n) is 5.06. The minimum atomic E-state index is -0.479. The molecule has 0 spiro atoms. The molecule has 1 aliphatic rings. The predicted octanol–water partition coefficient (Wildman–Crippen LogP) is 2.50. The van der Waals surface area contributed by atoms with Gasteiger partial charge in [0.25, 0.3) is 0 Å². The van der Waals surface area contributed by atoms with Crippen LogP contribution in [0.3, 0.4) is 0 Å². The van der Waals surface area contributed by atoms with Gasteiger partial charge in [-0.2, -0.15) is 0 Å². The molecular formula is C19H23NO2. The molecule has 1 fully saturated rings. The van der Waals surface area contributed by atoms with Crippen LogP contribution in [-0.2, 0) is 0 Å². The second-order valence-corrected chi connectivity index (χ2v) is 6.39. The summed E-state index contributed by atoms with van der Waals surface area (Å²) in [5.74, 6) is -0.130. The van der Waals surface area contributed by atoms with Crippen LogP contribution < -0.4 is 5.06 Å². The van der Waals surface area contributed by atoms with Gasteiger partial charge in [0.05, 0.1) is 6.10 Å². The van der Waals surface area contributed by atoms with Gasteiger partial charge in [0.15, 0.2) is 0 Å². The van der Waals surface area contributed by atoms with Crippen molar-refractivity contribution in [1.29, 1.82) is 0 Å². The Hall–Kier alpha value is -1.68. The van der Waals surface area contributed by atoms with E-state index in [1.54, 1.807) is 0 Å². The third-order valence-corrected chi connectivity index (χ3v) is 5.06. The lowest BCUT2D eigenvalue weighted by Gasteiger charge is -2.50. The topological polar surface area (TPSA) is 47.7 Å². The Balaban J connectivity index is 2.01. The van der Waals surface area contributed by atoms with Crippen LogP contribution in [0.25, 0.3) is 0 Å². The normalized spacial score (nSPS) is 35.3. The molecule has 0 radical (unpaired) electrons. The molecule has 0 saturated carbocycles.